The number of halogens is 6. The quantitative estimate of drug-likeness (QED) is 0.111. The maximum Gasteiger partial charge on any atom is 0.296 e. The Balaban J connectivity index is 0.000000229. The van der Waals surface area contributed by atoms with Crippen LogP contribution < -0.4 is 36.4 Å². The zero-order valence-corrected chi connectivity index (χ0v) is 36.5. The highest BCUT2D eigenvalue weighted by molar-refractivity contribution is 6.31. The summed E-state index contributed by atoms with van der Waals surface area (Å²) < 4.78 is 72.8. The van der Waals surface area contributed by atoms with Gasteiger partial charge in [-0.1, -0.05) is 35.3 Å². The molecule has 7 rings (SSSR count). The van der Waals surface area contributed by atoms with Gasteiger partial charge < -0.3 is 14.2 Å². The van der Waals surface area contributed by atoms with Gasteiger partial charge in [-0.2, -0.15) is 20.7 Å². The van der Waals surface area contributed by atoms with Crippen LogP contribution in [0.2, 0.25) is 10.0 Å². The summed E-state index contributed by atoms with van der Waals surface area (Å²) in [6, 6.07) is 21.0. The van der Waals surface area contributed by atoms with Crippen LogP contribution >= 0.6 is 23.2 Å². The van der Waals surface area contributed by atoms with Crippen LogP contribution in [0.5, 0.6) is 28.7 Å². The van der Waals surface area contributed by atoms with Crippen LogP contribution in [0, 0.1) is 36.5 Å². The Kier molecular flexibility index (Phi) is 15.3. The number of nitrogens with one attached hydrogen (secondary N) is 1. The molecule has 4 aromatic heterocycles. The first kappa shape index (κ1) is 48.3. The third-order valence-electron chi connectivity index (χ3n) is 9.35. The van der Waals surface area contributed by atoms with Gasteiger partial charge in [0.2, 0.25) is 11.5 Å². The largest absolute Gasteiger partial charge is 0.497 e. The lowest BCUT2D eigenvalue weighted by molar-refractivity contribution is 0.148. The lowest BCUT2D eigenvalue weighted by atomic mass is 10.2. The number of hydrogen-bond acceptors (Lipinski definition) is 13. The molecule has 1 N–H and O–H groups in total. The molecule has 67 heavy (non-hydrogen) atoms. The summed E-state index contributed by atoms with van der Waals surface area (Å²) in [4.78, 5) is 58.2. The summed E-state index contributed by atoms with van der Waals surface area (Å²) in [6.07, 6.45) is -3.59. The maximum absolute atomic E-state index is 13.7. The molecular formula is C44H32Cl2F4N10O7. The average molecular weight is 960 g/mol. The number of nitrogens with zero attached hydrogens (tertiary/aromatic N) is 9. The van der Waals surface area contributed by atoms with Gasteiger partial charge in [0.15, 0.2) is 0 Å². The second-order valence-corrected chi connectivity index (χ2v) is 15.0. The second kappa shape index (κ2) is 21.2. The first-order valence-electron chi connectivity index (χ1n) is 19.2. The van der Waals surface area contributed by atoms with E-state index >= 15 is 0 Å². The van der Waals surface area contributed by atoms with Crippen LogP contribution in [0.1, 0.15) is 63.4 Å². The minimum atomic E-state index is -3.05. The summed E-state index contributed by atoms with van der Waals surface area (Å²) >= 11 is 12.0. The van der Waals surface area contributed by atoms with Crippen LogP contribution in [0.25, 0.3) is 0 Å². The Morgan fingerprint density at radius 2 is 1.15 bits per heavy atom. The van der Waals surface area contributed by atoms with Crippen molar-refractivity contribution in [2.45, 2.75) is 46.3 Å². The fourth-order valence-corrected chi connectivity index (χ4v) is 6.54. The third-order valence-corrected chi connectivity index (χ3v) is 9.79. The van der Waals surface area contributed by atoms with E-state index in [0.29, 0.717) is 11.3 Å². The predicted octanol–water partition coefficient (Wildman–Crippen LogP) is 7.41. The smallest absolute Gasteiger partial charge is 0.296 e. The molecule has 0 atom stereocenters. The van der Waals surface area contributed by atoms with Crippen LogP contribution in [0.4, 0.5) is 17.6 Å². The molecule has 0 bridgehead atoms. The number of hydrogen-bond donors (Lipinski definition) is 1. The van der Waals surface area contributed by atoms with Gasteiger partial charge in [-0.15, -0.1) is 0 Å². The number of rotatable bonds is 13. The van der Waals surface area contributed by atoms with E-state index in [0.717, 1.165) is 25.9 Å². The molecule has 4 heterocycles. The van der Waals surface area contributed by atoms with Crippen molar-refractivity contribution in [1.29, 1.82) is 10.5 Å². The van der Waals surface area contributed by atoms with Gasteiger partial charge in [0.1, 0.15) is 17.2 Å². The molecule has 0 radical (unpaired) electrons. The van der Waals surface area contributed by atoms with Crippen molar-refractivity contribution in [2.24, 2.45) is 0 Å². The lowest BCUT2D eigenvalue weighted by Gasteiger charge is -2.13. The van der Waals surface area contributed by atoms with Crippen LogP contribution in [0.15, 0.2) is 105 Å². The minimum Gasteiger partial charge on any atom is -0.497 e. The predicted molar refractivity (Wildman–Crippen MR) is 233 cm³/mol. The third kappa shape index (κ3) is 12.0. The highest BCUT2D eigenvalue weighted by Crippen LogP contribution is 2.27. The topological polar surface area (TPSA) is 226 Å². The van der Waals surface area contributed by atoms with Gasteiger partial charge in [-0.3, -0.25) is 28.3 Å². The van der Waals surface area contributed by atoms with E-state index < -0.39 is 46.2 Å². The van der Waals surface area contributed by atoms with Crippen molar-refractivity contribution in [1.82, 2.24) is 39.1 Å². The molecule has 0 amide bonds. The van der Waals surface area contributed by atoms with Gasteiger partial charge in [-0.25, -0.2) is 37.3 Å². The zero-order chi connectivity index (χ0) is 48.5. The number of H-pyrrole nitrogens is 1. The number of benzene rings is 3. The summed E-state index contributed by atoms with van der Waals surface area (Å²) in [6.45, 7) is 2.55. The number of ether oxygens (including phenoxy) is 3. The van der Waals surface area contributed by atoms with Gasteiger partial charge in [0, 0.05) is 10.0 Å². The van der Waals surface area contributed by atoms with Gasteiger partial charge in [0.05, 0.1) is 96.6 Å². The van der Waals surface area contributed by atoms with E-state index in [1.807, 2.05) is 17.2 Å². The molecule has 0 aliphatic carbocycles. The Labute approximate surface area is 385 Å². The number of aryl methyl sites for hydroxylation is 2. The van der Waals surface area contributed by atoms with E-state index in [9.17, 15) is 36.7 Å². The van der Waals surface area contributed by atoms with Crippen LogP contribution in [-0.2, 0) is 19.6 Å². The minimum absolute atomic E-state index is 0.0353. The molecule has 0 unspecified atom stereocenters. The molecule has 17 nitrogen and oxygen atoms in total. The Bertz CT molecular complexity index is 3310. The Hall–Kier alpha value is -8.14. The fourth-order valence-electron chi connectivity index (χ4n) is 6.09. The Morgan fingerprint density at radius 1 is 0.657 bits per heavy atom. The van der Waals surface area contributed by atoms with E-state index in [-0.39, 0.29) is 86.6 Å². The van der Waals surface area contributed by atoms with Crippen molar-refractivity contribution in [3.63, 3.8) is 0 Å². The van der Waals surface area contributed by atoms with E-state index in [2.05, 4.69) is 20.2 Å². The van der Waals surface area contributed by atoms with Crippen LogP contribution in [-0.4, -0.2) is 46.2 Å². The molecule has 0 saturated heterocycles. The number of aromatic nitrogens is 8. The summed E-state index contributed by atoms with van der Waals surface area (Å²) in [5, 5.41) is 28.5. The molecule has 0 fully saturated rings. The van der Waals surface area contributed by atoms with Crippen molar-refractivity contribution < 1.29 is 31.8 Å². The second-order valence-electron chi connectivity index (χ2n) is 14.1. The number of aromatic amines is 1. The van der Waals surface area contributed by atoms with Crippen LogP contribution in [0.3, 0.4) is 0 Å². The van der Waals surface area contributed by atoms with E-state index in [1.54, 1.807) is 38.1 Å². The molecule has 0 saturated carbocycles. The summed E-state index contributed by atoms with van der Waals surface area (Å²) in [5.41, 5.74) is -2.93. The van der Waals surface area contributed by atoms with Crippen molar-refractivity contribution >= 4 is 23.2 Å². The molecule has 342 valence electrons. The number of alkyl halides is 4. The molecule has 3 aromatic carbocycles. The molecule has 0 aliphatic heterocycles. The first-order valence-corrected chi connectivity index (χ1v) is 20.0. The number of methoxy groups -OCH3 is 1. The maximum atomic E-state index is 13.7. The van der Waals surface area contributed by atoms with Gasteiger partial charge in [0.25, 0.3) is 35.1 Å². The van der Waals surface area contributed by atoms with E-state index in [1.165, 1.54) is 56.2 Å². The normalized spacial score (nSPS) is 10.8. The molecule has 23 heteroatoms. The highest BCUT2D eigenvalue weighted by Gasteiger charge is 2.20. The van der Waals surface area contributed by atoms with Gasteiger partial charge >= 0.3 is 0 Å². The molecule has 0 aliphatic rings. The summed E-state index contributed by atoms with van der Waals surface area (Å²) in [5.74, 6) is 0.648. The van der Waals surface area contributed by atoms with Crippen molar-refractivity contribution in [2.75, 3.05) is 7.11 Å². The standard InChI is InChI=1S/C26H20ClF2N5O4.C18H12ClF2N5O3/c1-15-23(38-21-8-17(11-30)7-18(27)9-21)26(36)33(14-31-15)13-19-10-22(24(28)29)25(35)34(32-19)12-16-3-5-20(37-2)6-4-16;1-9-15(29-13-3-10(6-22)2-11(19)4-13)18(28)26(8-23-9)7-12-5-14(16(20)21)17(27)25-24-12/h3-10,14,24H,12-13H2,1-2H3;2-5,8,16H,7H2,1H3,(H,25,27). The number of nitriles is 2. The van der Waals surface area contributed by atoms with E-state index in [4.69, 9.17) is 47.9 Å². The highest BCUT2D eigenvalue weighted by atomic mass is 35.5. The zero-order valence-electron chi connectivity index (χ0n) is 35.0. The van der Waals surface area contributed by atoms with Crippen molar-refractivity contribution in [3.05, 3.63) is 188 Å². The fraction of sp³-hybridized carbons (Fsp3) is 0.182. The van der Waals surface area contributed by atoms with Gasteiger partial charge in [-0.05, 0) is 80.1 Å². The lowest BCUT2D eigenvalue weighted by Crippen LogP contribution is -2.30. The molecular weight excluding hydrogens is 927 g/mol. The monoisotopic (exact) mass is 958 g/mol. The Morgan fingerprint density at radius 3 is 1.63 bits per heavy atom. The molecule has 0 spiro atoms. The summed E-state index contributed by atoms with van der Waals surface area (Å²) in [7, 11) is 1.51. The van der Waals surface area contributed by atoms with Crippen molar-refractivity contribution in [3.8, 4) is 40.9 Å². The average Bonchev–Trinajstić information content (AvgIpc) is 3.29. The molecule has 7 aromatic rings. The first-order chi connectivity index (χ1) is 32.0. The SMILES string of the molecule is COc1ccc(Cn2nc(Cn3cnc(C)c(Oc4cc(Cl)cc(C#N)c4)c3=O)cc(C(F)F)c2=O)cc1.Cc1ncn(Cc2cc(C(F)F)c(=O)[nH]n2)c(=O)c1Oc1cc(Cl)cc(C#N)c1.